The molecule has 0 saturated heterocycles. The number of para-hydroxylation sites is 1. The molecule has 6 aromatic carbocycles. The van der Waals surface area contributed by atoms with E-state index in [2.05, 4.69) is 216 Å². The van der Waals surface area contributed by atoms with Crippen LogP contribution in [0.2, 0.25) is 0 Å². The second kappa shape index (κ2) is 14.4. The average molecular weight is 719 g/mol. The van der Waals surface area contributed by atoms with Crippen molar-refractivity contribution in [2.75, 3.05) is 4.90 Å². The third kappa shape index (κ3) is 6.20. The van der Waals surface area contributed by atoms with Crippen molar-refractivity contribution in [1.29, 1.82) is 0 Å². The van der Waals surface area contributed by atoms with Crippen molar-refractivity contribution in [3.05, 3.63) is 229 Å². The lowest BCUT2D eigenvalue weighted by Crippen LogP contribution is -2.11. The van der Waals surface area contributed by atoms with Crippen molar-refractivity contribution in [2.24, 2.45) is 0 Å². The molecular formula is C54H42N2. The molecule has 3 aliphatic rings. The summed E-state index contributed by atoms with van der Waals surface area (Å²) in [5.74, 6) is 0.292. The lowest BCUT2D eigenvalue weighted by molar-refractivity contribution is 0.783. The monoisotopic (exact) mass is 718 g/mol. The Morgan fingerprint density at radius 1 is 0.589 bits per heavy atom. The standard InChI is InChI=1S/C54H42N2/c1-38-14-11-12-33-55(48-22-13-19-43(34-48)40-17-7-3-8-18-40)52-31-28-44(35-50(38)52)45-29-32-53-51(36-45)49-30-27-46(37-54(49)56(53)47-20-9-4-10-21-47)42-25-23-41(24-26-42)39-15-5-2-6-16-39/h2-7,9-17,19-36,46H,1,8,18,37H2/b14-11-,33-12-. The smallest absolute Gasteiger partial charge is 0.0538 e. The predicted octanol–water partition coefficient (Wildman–Crippen LogP) is 14.3. The number of benzene rings is 6. The number of hydrogen-bond donors (Lipinski definition) is 0. The van der Waals surface area contributed by atoms with Crippen LogP contribution in [0.25, 0.3) is 56.1 Å². The minimum atomic E-state index is 0.292. The van der Waals surface area contributed by atoms with Gasteiger partial charge in [0.25, 0.3) is 0 Å². The first-order chi connectivity index (χ1) is 27.7. The van der Waals surface area contributed by atoms with Gasteiger partial charge in [-0.1, -0.05) is 146 Å². The van der Waals surface area contributed by atoms with Gasteiger partial charge in [0, 0.05) is 45.7 Å². The molecule has 2 heteroatoms. The van der Waals surface area contributed by atoms with Crippen LogP contribution in [0.1, 0.15) is 46.7 Å². The molecule has 1 unspecified atom stereocenters. The molecule has 0 saturated carbocycles. The molecule has 0 amide bonds. The van der Waals surface area contributed by atoms with Gasteiger partial charge >= 0.3 is 0 Å². The SMILES string of the molecule is C=C1/C=C\C=C/N(c2cccc(C3=CC=CCC3)c2)c2ccc(-c3ccc4c(c3)c3c(n4-c4ccccc4)CC(c4ccc(-c5ccccc5)cc4)C=C3)cc21. The molecule has 0 N–H and O–H groups in total. The van der Waals surface area contributed by atoms with Crippen molar-refractivity contribution in [1.82, 2.24) is 4.57 Å². The fraction of sp³-hybridized carbons (Fsp3) is 0.0741. The summed E-state index contributed by atoms with van der Waals surface area (Å²) in [5, 5.41) is 1.27. The van der Waals surface area contributed by atoms with E-state index in [1.54, 1.807) is 0 Å². The highest BCUT2D eigenvalue weighted by Crippen LogP contribution is 2.42. The molecule has 268 valence electrons. The Hall–Kier alpha value is -6.90. The van der Waals surface area contributed by atoms with E-state index in [0.29, 0.717) is 5.92 Å². The van der Waals surface area contributed by atoms with Gasteiger partial charge in [0.05, 0.1) is 11.2 Å². The fourth-order valence-corrected chi connectivity index (χ4v) is 8.66. The van der Waals surface area contributed by atoms with E-state index in [1.165, 1.54) is 66.8 Å². The van der Waals surface area contributed by atoms with Gasteiger partial charge in [-0.2, -0.15) is 0 Å². The van der Waals surface area contributed by atoms with Crippen molar-refractivity contribution in [3.8, 4) is 27.9 Å². The summed E-state index contributed by atoms with van der Waals surface area (Å²) in [7, 11) is 0. The van der Waals surface area contributed by atoms with E-state index in [1.807, 2.05) is 0 Å². The van der Waals surface area contributed by atoms with Gasteiger partial charge in [0.1, 0.15) is 0 Å². The molecule has 0 fully saturated rings. The molecule has 0 bridgehead atoms. The van der Waals surface area contributed by atoms with Gasteiger partial charge in [0.2, 0.25) is 0 Å². The predicted molar refractivity (Wildman–Crippen MR) is 238 cm³/mol. The third-order valence-corrected chi connectivity index (χ3v) is 11.6. The summed E-state index contributed by atoms with van der Waals surface area (Å²) in [5.41, 5.74) is 18.3. The topological polar surface area (TPSA) is 8.17 Å². The summed E-state index contributed by atoms with van der Waals surface area (Å²) < 4.78 is 2.48. The quantitative estimate of drug-likeness (QED) is 0.166. The Kier molecular flexibility index (Phi) is 8.65. The van der Waals surface area contributed by atoms with E-state index in [4.69, 9.17) is 0 Å². The Morgan fingerprint density at radius 2 is 1.32 bits per heavy atom. The van der Waals surface area contributed by atoms with Crippen molar-refractivity contribution in [2.45, 2.75) is 25.2 Å². The summed E-state index contributed by atoms with van der Waals surface area (Å²) in [6.07, 6.45) is 23.0. The maximum Gasteiger partial charge on any atom is 0.0538 e. The maximum atomic E-state index is 4.53. The number of aromatic nitrogens is 1. The van der Waals surface area contributed by atoms with Crippen LogP contribution in [0, 0.1) is 0 Å². The summed E-state index contributed by atoms with van der Waals surface area (Å²) >= 11 is 0. The third-order valence-electron chi connectivity index (χ3n) is 11.6. The van der Waals surface area contributed by atoms with E-state index < -0.39 is 0 Å². The van der Waals surface area contributed by atoms with E-state index in [-0.39, 0.29) is 0 Å². The summed E-state index contributed by atoms with van der Waals surface area (Å²) in [6, 6.07) is 53.3. The second-order valence-electron chi connectivity index (χ2n) is 15.0. The minimum absolute atomic E-state index is 0.292. The van der Waals surface area contributed by atoms with Crippen LogP contribution in [0.5, 0.6) is 0 Å². The van der Waals surface area contributed by atoms with Crippen molar-refractivity contribution in [3.63, 3.8) is 0 Å². The zero-order valence-corrected chi connectivity index (χ0v) is 31.4. The normalized spacial score (nSPS) is 17.1. The minimum Gasteiger partial charge on any atom is -0.317 e. The Balaban J connectivity index is 1.03. The largest absolute Gasteiger partial charge is 0.317 e. The summed E-state index contributed by atoms with van der Waals surface area (Å²) in [6.45, 7) is 4.53. The van der Waals surface area contributed by atoms with Gasteiger partial charge in [-0.15, -0.1) is 0 Å². The Morgan fingerprint density at radius 3 is 2.14 bits per heavy atom. The average Bonchev–Trinajstić information content (AvgIpc) is 3.59. The van der Waals surface area contributed by atoms with Crippen molar-refractivity contribution >= 4 is 39.5 Å². The lowest BCUT2D eigenvalue weighted by atomic mass is 9.87. The molecule has 1 atom stereocenters. The van der Waals surface area contributed by atoms with Crippen LogP contribution in [0.3, 0.4) is 0 Å². The van der Waals surface area contributed by atoms with Gasteiger partial charge in [0.15, 0.2) is 0 Å². The van der Waals surface area contributed by atoms with Gasteiger partial charge in [-0.3, -0.25) is 0 Å². The first kappa shape index (κ1) is 33.7. The fourth-order valence-electron chi connectivity index (χ4n) is 8.66. The number of allylic oxidation sites excluding steroid dienone is 9. The molecular weight excluding hydrogens is 677 g/mol. The molecule has 56 heavy (non-hydrogen) atoms. The molecule has 7 aromatic rings. The molecule has 2 aliphatic carbocycles. The molecule has 2 nitrogen and oxygen atoms in total. The van der Waals surface area contributed by atoms with Crippen LogP contribution >= 0.6 is 0 Å². The lowest BCUT2D eigenvalue weighted by Gasteiger charge is -2.26. The highest BCUT2D eigenvalue weighted by atomic mass is 15.1. The van der Waals surface area contributed by atoms with Crippen LogP contribution in [-0.4, -0.2) is 4.57 Å². The number of nitrogens with zero attached hydrogens (tertiary/aromatic N) is 2. The molecule has 10 rings (SSSR count). The zero-order chi connectivity index (χ0) is 37.4. The number of hydrogen-bond acceptors (Lipinski definition) is 1. The number of rotatable bonds is 6. The molecule has 2 heterocycles. The number of anilines is 2. The van der Waals surface area contributed by atoms with Crippen LogP contribution < -0.4 is 4.90 Å². The van der Waals surface area contributed by atoms with E-state index >= 15 is 0 Å². The second-order valence-corrected chi connectivity index (χ2v) is 15.0. The van der Waals surface area contributed by atoms with Gasteiger partial charge in [-0.05, 0) is 118 Å². The van der Waals surface area contributed by atoms with Gasteiger partial charge in [-0.25, -0.2) is 0 Å². The molecule has 1 aromatic heterocycles. The summed E-state index contributed by atoms with van der Waals surface area (Å²) in [4.78, 5) is 2.30. The molecule has 0 radical (unpaired) electrons. The van der Waals surface area contributed by atoms with Crippen LogP contribution in [0.15, 0.2) is 201 Å². The van der Waals surface area contributed by atoms with E-state index in [0.717, 1.165) is 41.8 Å². The van der Waals surface area contributed by atoms with Gasteiger partial charge < -0.3 is 9.47 Å². The van der Waals surface area contributed by atoms with Crippen molar-refractivity contribution < 1.29 is 0 Å². The van der Waals surface area contributed by atoms with Crippen LogP contribution in [0.4, 0.5) is 11.4 Å². The first-order valence-electron chi connectivity index (χ1n) is 19.7. The Labute approximate surface area is 329 Å². The maximum absolute atomic E-state index is 4.53. The molecule has 0 spiro atoms. The highest BCUT2D eigenvalue weighted by molar-refractivity contribution is 5.97. The highest BCUT2D eigenvalue weighted by Gasteiger charge is 2.25. The zero-order valence-electron chi connectivity index (χ0n) is 31.4. The number of fused-ring (bicyclic) bond motifs is 4. The molecule has 1 aliphatic heterocycles. The van der Waals surface area contributed by atoms with Crippen LogP contribution in [-0.2, 0) is 6.42 Å². The Bertz CT molecular complexity index is 2770. The first-order valence-corrected chi connectivity index (χ1v) is 19.7. The van der Waals surface area contributed by atoms with E-state index in [9.17, 15) is 0 Å².